The second-order valence-electron chi connectivity index (χ2n) is 7.55. The number of nitrogens with zero attached hydrogens (tertiary/aromatic N) is 3. The fraction of sp³-hybridized carbons (Fsp3) is 0.280. The molecule has 0 N–H and O–H groups in total. The molecule has 0 amide bonds. The van der Waals surface area contributed by atoms with E-state index in [2.05, 4.69) is 78.9 Å². The number of hydrogen-bond donors (Lipinski definition) is 0. The van der Waals surface area contributed by atoms with Crippen LogP contribution in [0.4, 0.5) is 5.69 Å². The number of benzene rings is 2. The Morgan fingerprint density at radius 2 is 1.85 bits per heavy atom. The highest BCUT2D eigenvalue weighted by Crippen LogP contribution is 2.45. The summed E-state index contributed by atoms with van der Waals surface area (Å²) >= 11 is 5.07. The molecule has 4 aromatic rings. The zero-order valence-corrected chi connectivity index (χ0v) is 23.0. The molecule has 2 aromatic carbocycles. The van der Waals surface area contributed by atoms with Gasteiger partial charge in [-0.1, -0.05) is 48.7 Å². The van der Waals surface area contributed by atoms with Gasteiger partial charge in [-0.05, 0) is 44.5 Å². The summed E-state index contributed by atoms with van der Waals surface area (Å²) in [4.78, 5) is 16.7. The average molecular weight is 610 g/mol. The van der Waals surface area contributed by atoms with Crippen molar-refractivity contribution >= 4 is 61.4 Å². The first-order chi connectivity index (χ1) is 15.0. The lowest BCUT2D eigenvalue weighted by Gasteiger charge is -2.12. The monoisotopic (exact) mass is 609 g/mol. The van der Waals surface area contributed by atoms with E-state index in [-0.39, 0.29) is 37.0 Å². The normalized spacial score (nSPS) is 14.9. The Balaban J connectivity index is 0.00000153. The molecule has 0 bridgehead atoms. The molecular formula is C25H28IN3OS3. The number of hydrogen-bond acceptors (Lipinski definition) is 5. The van der Waals surface area contributed by atoms with Crippen LogP contribution in [-0.2, 0) is 13.1 Å². The van der Waals surface area contributed by atoms with E-state index in [0.717, 1.165) is 20.8 Å². The molecule has 174 valence electrons. The zero-order chi connectivity index (χ0) is 21.7. The van der Waals surface area contributed by atoms with Crippen molar-refractivity contribution < 1.29 is 28.5 Å². The second kappa shape index (κ2) is 10.3. The van der Waals surface area contributed by atoms with Crippen molar-refractivity contribution in [2.75, 3.05) is 11.9 Å². The van der Waals surface area contributed by atoms with Crippen LogP contribution in [0.15, 0.2) is 52.2 Å². The minimum atomic E-state index is 0. The maximum absolute atomic E-state index is 13.4. The van der Waals surface area contributed by atoms with Crippen molar-refractivity contribution in [3.63, 3.8) is 0 Å². The predicted octanol–water partition coefficient (Wildman–Crippen LogP) is 1.54. The number of thiazole rings is 2. The summed E-state index contributed by atoms with van der Waals surface area (Å²) < 4.78 is 7.32. The van der Waals surface area contributed by atoms with Gasteiger partial charge >= 0.3 is 0 Å². The van der Waals surface area contributed by atoms with Crippen molar-refractivity contribution in [1.82, 2.24) is 4.57 Å². The Morgan fingerprint density at radius 3 is 2.58 bits per heavy atom. The Morgan fingerprint density at radius 1 is 1.09 bits per heavy atom. The first kappa shape index (κ1) is 26.0. The van der Waals surface area contributed by atoms with Crippen molar-refractivity contribution in [3.8, 4) is 0 Å². The highest BCUT2D eigenvalue weighted by molar-refractivity contribution is 8.08. The molecule has 33 heavy (non-hydrogen) atoms. The van der Waals surface area contributed by atoms with Gasteiger partial charge in [-0.3, -0.25) is 9.36 Å². The number of aromatic nitrogens is 2. The van der Waals surface area contributed by atoms with Crippen LogP contribution >= 0.6 is 34.4 Å². The molecule has 0 radical (unpaired) electrons. The van der Waals surface area contributed by atoms with Crippen LogP contribution in [0.1, 0.15) is 31.8 Å². The lowest BCUT2D eigenvalue weighted by molar-refractivity contribution is -0.665. The first-order valence-electron chi connectivity index (χ1n) is 10.4. The maximum atomic E-state index is 13.4. The van der Waals surface area contributed by atoms with E-state index < -0.39 is 0 Å². The van der Waals surface area contributed by atoms with E-state index in [4.69, 9.17) is 0 Å². The fourth-order valence-electron chi connectivity index (χ4n) is 4.02. The molecule has 0 fully saturated rings. The second-order valence-corrected chi connectivity index (χ2v) is 10.7. The van der Waals surface area contributed by atoms with Crippen LogP contribution in [0.2, 0.25) is 0 Å². The minimum Gasteiger partial charge on any atom is -1.00 e. The standard InChI is InChI=1S/C24H24N3OS3.CH4.HI/c1-5-26-16-9-7-8-10-18(16)29-20(26)14-21-27(6-2)23(28)22(31-21)24-25(4)17-13-15(3)11-12-19(17)30-24;;/h7-14H,5-6H2,1-4H3;1H4;1H/q+1;;/p-1/b24-22-;;. The molecule has 0 saturated carbocycles. The lowest BCUT2D eigenvalue weighted by atomic mass is 10.2. The molecule has 4 nitrogen and oxygen atoms in total. The number of aryl methyl sites for hydroxylation is 2. The van der Waals surface area contributed by atoms with Gasteiger partial charge in [0.15, 0.2) is 0 Å². The summed E-state index contributed by atoms with van der Waals surface area (Å²) in [6, 6.07) is 15.0. The molecular weight excluding hydrogens is 581 g/mol. The Hall–Kier alpha value is -1.62. The SMILES string of the molecule is C.CCn1c(=Cc2sc3ccccc3[n+]2CC)s/c(=C2\Sc3ccc(C)cc3N2C)c1=O.[I-]. The van der Waals surface area contributed by atoms with Crippen molar-refractivity contribution in [3.05, 3.63) is 72.6 Å². The quantitative estimate of drug-likeness (QED) is 0.261. The highest BCUT2D eigenvalue weighted by Gasteiger charge is 2.25. The van der Waals surface area contributed by atoms with Crippen LogP contribution in [0.25, 0.3) is 21.3 Å². The van der Waals surface area contributed by atoms with E-state index >= 15 is 0 Å². The summed E-state index contributed by atoms with van der Waals surface area (Å²) in [5, 5.41) is 2.20. The van der Waals surface area contributed by atoms with Crippen LogP contribution in [0.3, 0.4) is 0 Å². The minimum absolute atomic E-state index is 0. The van der Waals surface area contributed by atoms with Gasteiger partial charge in [-0.2, -0.15) is 4.57 Å². The van der Waals surface area contributed by atoms with Gasteiger partial charge in [-0.15, -0.1) is 11.3 Å². The number of para-hydroxylation sites is 1. The molecule has 0 saturated heterocycles. The van der Waals surface area contributed by atoms with Crippen molar-refractivity contribution in [1.29, 1.82) is 0 Å². The van der Waals surface area contributed by atoms with Gasteiger partial charge in [0.1, 0.15) is 25.5 Å². The summed E-state index contributed by atoms with van der Waals surface area (Å²) in [6.45, 7) is 7.87. The van der Waals surface area contributed by atoms with Gasteiger partial charge in [0.25, 0.3) is 10.6 Å². The molecule has 0 aliphatic carbocycles. The van der Waals surface area contributed by atoms with E-state index in [1.54, 1.807) is 34.4 Å². The summed E-state index contributed by atoms with van der Waals surface area (Å²) in [7, 11) is 2.06. The topological polar surface area (TPSA) is 29.1 Å². The van der Waals surface area contributed by atoms with Crippen molar-refractivity contribution in [2.24, 2.45) is 0 Å². The summed E-state index contributed by atoms with van der Waals surface area (Å²) in [5.41, 5.74) is 3.75. The van der Waals surface area contributed by atoms with Gasteiger partial charge in [0.2, 0.25) is 5.52 Å². The largest absolute Gasteiger partial charge is 1.00 e. The lowest BCUT2D eigenvalue weighted by Crippen LogP contribution is -3.00. The van der Waals surface area contributed by atoms with E-state index in [1.807, 2.05) is 11.5 Å². The summed E-state index contributed by atoms with van der Waals surface area (Å²) in [6.07, 6.45) is 2.19. The maximum Gasteiger partial charge on any atom is 0.271 e. The molecule has 3 heterocycles. The number of halogens is 1. The molecule has 0 unspecified atom stereocenters. The van der Waals surface area contributed by atoms with Crippen LogP contribution in [0, 0.1) is 6.92 Å². The third kappa shape index (κ3) is 4.42. The highest BCUT2D eigenvalue weighted by atomic mass is 127. The van der Waals surface area contributed by atoms with E-state index in [0.29, 0.717) is 6.54 Å². The third-order valence-electron chi connectivity index (χ3n) is 5.61. The van der Waals surface area contributed by atoms with Crippen LogP contribution in [0.5, 0.6) is 0 Å². The van der Waals surface area contributed by atoms with E-state index in [1.165, 1.54) is 31.4 Å². The van der Waals surface area contributed by atoms with Gasteiger partial charge < -0.3 is 28.9 Å². The van der Waals surface area contributed by atoms with Crippen LogP contribution in [-0.4, -0.2) is 11.6 Å². The molecule has 5 rings (SSSR count). The summed E-state index contributed by atoms with van der Waals surface area (Å²) in [5.74, 6) is 0. The Labute approximate surface area is 223 Å². The molecule has 0 atom stereocenters. The number of thioether (sulfide) groups is 1. The third-order valence-corrected chi connectivity index (χ3v) is 9.21. The number of rotatable bonds is 3. The molecule has 1 aliphatic heterocycles. The average Bonchev–Trinajstić information content (AvgIpc) is 3.39. The number of anilines is 1. The van der Waals surface area contributed by atoms with Gasteiger partial charge in [-0.25, -0.2) is 0 Å². The van der Waals surface area contributed by atoms with Gasteiger partial charge in [0, 0.05) is 24.6 Å². The number of fused-ring (bicyclic) bond motifs is 2. The van der Waals surface area contributed by atoms with E-state index in [9.17, 15) is 4.79 Å². The smallest absolute Gasteiger partial charge is 0.271 e. The Bertz CT molecular complexity index is 1500. The van der Waals surface area contributed by atoms with Crippen molar-refractivity contribution in [2.45, 2.75) is 46.2 Å². The molecule has 1 aliphatic rings. The fourth-order valence-corrected chi connectivity index (χ4v) is 7.69. The predicted molar refractivity (Wildman–Crippen MR) is 140 cm³/mol. The molecule has 0 spiro atoms. The molecule has 8 heteroatoms. The first-order valence-corrected chi connectivity index (χ1v) is 12.9. The Kier molecular flexibility index (Phi) is 8.14. The molecule has 2 aromatic heterocycles. The van der Waals surface area contributed by atoms with Gasteiger partial charge in [0.05, 0.1) is 11.8 Å². The van der Waals surface area contributed by atoms with Crippen LogP contribution < -0.4 is 48.2 Å². The zero-order valence-electron chi connectivity index (χ0n) is 18.4.